The van der Waals surface area contributed by atoms with Gasteiger partial charge in [0.05, 0.1) is 0 Å². The van der Waals surface area contributed by atoms with Crippen LogP contribution in [0, 0.1) is 13.8 Å². The molecule has 1 aromatic carbocycles. The number of hydrogen-bond acceptors (Lipinski definition) is 3. The second-order valence-electron chi connectivity index (χ2n) is 6.62. The van der Waals surface area contributed by atoms with Gasteiger partial charge in [-0.15, -0.1) is 0 Å². The van der Waals surface area contributed by atoms with Crippen molar-refractivity contribution < 1.29 is 4.74 Å². The molecule has 0 aliphatic carbocycles. The molecule has 0 radical (unpaired) electrons. The van der Waals surface area contributed by atoms with Gasteiger partial charge in [0.2, 0.25) is 0 Å². The molecule has 0 saturated carbocycles. The van der Waals surface area contributed by atoms with Crippen LogP contribution in [-0.4, -0.2) is 43.2 Å². The van der Waals surface area contributed by atoms with E-state index in [4.69, 9.17) is 4.74 Å². The van der Waals surface area contributed by atoms with Crippen molar-refractivity contribution in [3.8, 4) is 5.75 Å². The number of rotatable bonds is 5. The molecule has 2 aliphatic heterocycles. The first kappa shape index (κ1) is 14.9. The van der Waals surface area contributed by atoms with Gasteiger partial charge in [0.25, 0.3) is 0 Å². The standard InChI is InChI=1S/C18H28N2O/c1-14-11-15(2)13-16(12-14)21-10-9-20-8-4-6-18(20)17-5-3-7-19-17/h11-13,17-19H,3-10H2,1-2H3. The molecule has 2 saturated heterocycles. The average molecular weight is 288 g/mol. The summed E-state index contributed by atoms with van der Waals surface area (Å²) in [6.45, 7) is 8.54. The highest BCUT2D eigenvalue weighted by Gasteiger charge is 2.32. The van der Waals surface area contributed by atoms with E-state index in [1.54, 1.807) is 0 Å². The zero-order valence-electron chi connectivity index (χ0n) is 13.4. The van der Waals surface area contributed by atoms with Crippen LogP contribution in [0.3, 0.4) is 0 Å². The van der Waals surface area contributed by atoms with Crippen LogP contribution in [0.4, 0.5) is 0 Å². The molecule has 3 rings (SSSR count). The van der Waals surface area contributed by atoms with Crippen molar-refractivity contribution in [1.29, 1.82) is 0 Å². The van der Waals surface area contributed by atoms with E-state index >= 15 is 0 Å². The molecular weight excluding hydrogens is 260 g/mol. The predicted molar refractivity (Wildman–Crippen MR) is 87.0 cm³/mol. The van der Waals surface area contributed by atoms with Gasteiger partial charge in [-0.2, -0.15) is 0 Å². The summed E-state index contributed by atoms with van der Waals surface area (Å²) in [4.78, 5) is 2.63. The molecule has 2 heterocycles. The smallest absolute Gasteiger partial charge is 0.119 e. The molecule has 2 aliphatic rings. The van der Waals surface area contributed by atoms with E-state index in [2.05, 4.69) is 42.3 Å². The van der Waals surface area contributed by atoms with Crippen LogP contribution < -0.4 is 10.1 Å². The van der Waals surface area contributed by atoms with Gasteiger partial charge in [-0.05, 0) is 75.9 Å². The van der Waals surface area contributed by atoms with Crippen molar-refractivity contribution >= 4 is 0 Å². The third kappa shape index (κ3) is 3.78. The summed E-state index contributed by atoms with van der Waals surface area (Å²) in [6, 6.07) is 7.90. The van der Waals surface area contributed by atoms with Gasteiger partial charge in [-0.3, -0.25) is 4.90 Å². The Morgan fingerprint density at radius 2 is 1.95 bits per heavy atom. The van der Waals surface area contributed by atoms with Crippen LogP contribution in [0.2, 0.25) is 0 Å². The first-order valence-electron chi connectivity index (χ1n) is 8.41. The van der Waals surface area contributed by atoms with E-state index in [-0.39, 0.29) is 0 Å². The Labute approximate surface area is 128 Å². The minimum Gasteiger partial charge on any atom is -0.492 e. The molecule has 21 heavy (non-hydrogen) atoms. The summed E-state index contributed by atoms with van der Waals surface area (Å²) < 4.78 is 5.98. The van der Waals surface area contributed by atoms with Crippen LogP contribution in [0.25, 0.3) is 0 Å². The van der Waals surface area contributed by atoms with Crippen LogP contribution in [0.15, 0.2) is 18.2 Å². The molecule has 3 heteroatoms. The lowest BCUT2D eigenvalue weighted by atomic mass is 10.0. The summed E-state index contributed by atoms with van der Waals surface area (Å²) in [5.41, 5.74) is 2.55. The van der Waals surface area contributed by atoms with Gasteiger partial charge in [0.1, 0.15) is 12.4 Å². The van der Waals surface area contributed by atoms with Gasteiger partial charge in [0, 0.05) is 18.6 Å². The zero-order chi connectivity index (χ0) is 14.7. The van der Waals surface area contributed by atoms with Crippen LogP contribution >= 0.6 is 0 Å². The maximum Gasteiger partial charge on any atom is 0.119 e. The molecular formula is C18H28N2O. The molecule has 2 unspecified atom stereocenters. The van der Waals surface area contributed by atoms with E-state index in [1.165, 1.54) is 49.9 Å². The Morgan fingerprint density at radius 3 is 2.67 bits per heavy atom. The van der Waals surface area contributed by atoms with E-state index in [0.717, 1.165) is 24.9 Å². The number of likely N-dealkylation sites (tertiary alicyclic amines) is 1. The normalized spacial score (nSPS) is 26.4. The lowest BCUT2D eigenvalue weighted by Crippen LogP contribution is -2.45. The molecule has 0 bridgehead atoms. The van der Waals surface area contributed by atoms with Crippen LogP contribution in [0.1, 0.15) is 36.8 Å². The Bertz CT molecular complexity index is 448. The second-order valence-corrected chi connectivity index (χ2v) is 6.62. The molecule has 3 nitrogen and oxygen atoms in total. The summed E-state index contributed by atoms with van der Waals surface area (Å²) >= 11 is 0. The zero-order valence-corrected chi connectivity index (χ0v) is 13.4. The fourth-order valence-corrected chi connectivity index (χ4v) is 3.92. The Hall–Kier alpha value is -1.06. The number of ether oxygens (including phenoxy) is 1. The molecule has 0 aromatic heterocycles. The van der Waals surface area contributed by atoms with Crippen molar-refractivity contribution in [2.24, 2.45) is 0 Å². The average Bonchev–Trinajstić information content (AvgIpc) is 3.07. The number of aryl methyl sites for hydroxylation is 2. The van der Waals surface area contributed by atoms with Crippen molar-refractivity contribution in [1.82, 2.24) is 10.2 Å². The van der Waals surface area contributed by atoms with E-state index < -0.39 is 0 Å². The lowest BCUT2D eigenvalue weighted by Gasteiger charge is -2.29. The Morgan fingerprint density at radius 1 is 1.14 bits per heavy atom. The number of nitrogens with zero attached hydrogens (tertiary/aromatic N) is 1. The minimum atomic E-state index is 0.716. The fourth-order valence-electron chi connectivity index (χ4n) is 3.92. The summed E-state index contributed by atoms with van der Waals surface area (Å²) in [5, 5.41) is 3.67. The Balaban J connectivity index is 1.50. The van der Waals surface area contributed by atoms with Crippen molar-refractivity contribution in [2.75, 3.05) is 26.2 Å². The van der Waals surface area contributed by atoms with Crippen molar-refractivity contribution in [3.63, 3.8) is 0 Å². The first-order valence-corrected chi connectivity index (χ1v) is 8.41. The maximum atomic E-state index is 5.98. The summed E-state index contributed by atoms with van der Waals surface area (Å²) in [5.74, 6) is 1.02. The minimum absolute atomic E-state index is 0.716. The van der Waals surface area contributed by atoms with Crippen LogP contribution in [-0.2, 0) is 0 Å². The summed E-state index contributed by atoms with van der Waals surface area (Å²) in [7, 11) is 0. The van der Waals surface area contributed by atoms with E-state index in [9.17, 15) is 0 Å². The first-order chi connectivity index (χ1) is 10.2. The van der Waals surface area contributed by atoms with Gasteiger partial charge < -0.3 is 10.1 Å². The number of nitrogens with one attached hydrogen (secondary N) is 1. The highest BCUT2D eigenvalue weighted by atomic mass is 16.5. The Kier molecular flexibility index (Phi) is 4.81. The fraction of sp³-hybridized carbons (Fsp3) is 0.667. The molecule has 1 N–H and O–H groups in total. The maximum absolute atomic E-state index is 5.98. The molecule has 0 spiro atoms. The van der Waals surface area contributed by atoms with Gasteiger partial charge in [-0.1, -0.05) is 6.07 Å². The molecule has 1 aromatic rings. The van der Waals surface area contributed by atoms with Crippen molar-refractivity contribution in [3.05, 3.63) is 29.3 Å². The second kappa shape index (κ2) is 6.80. The van der Waals surface area contributed by atoms with Crippen molar-refractivity contribution in [2.45, 2.75) is 51.6 Å². The SMILES string of the molecule is Cc1cc(C)cc(OCCN2CCCC2C2CCCN2)c1. The van der Waals surface area contributed by atoms with E-state index in [0.29, 0.717) is 6.04 Å². The molecule has 0 amide bonds. The summed E-state index contributed by atoms with van der Waals surface area (Å²) in [6.07, 6.45) is 5.38. The topological polar surface area (TPSA) is 24.5 Å². The largest absolute Gasteiger partial charge is 0.492 e. The van der Waals surface area contributed by atoms with E-state index in [1.807, 2.05) is 0 Å². The molecule has 2 atom stereocenters. The van der Waals surface area contributed by atoms with Gasteiger partial charge in [0.15, 0.2) is 0 Å². The highest BCUT2D eigenvalue weighted by Crippen LogP contribution is 2.24. The molecule has 116 valence electrons. The number of benzene rings is 1. The molecule has 2 fully saturated rings. The number of hydrogen-bond donors (Lipinski definition) is 1. The lowest BCUT2D eigenvalue weighted by molar-refractivity contribution is 0.174. The highest BCUT2D eigenvalue weighted by molar-refractivity contribution is 5.32. The van der Waals surface area contributed by atoms with Gasteiger partial charge >= 0.3 is 0 Å². The monoisotopic (exact) mass is 288 g/mol. The third-order valence-electron chi connectivity index (χ3n) is 4.82. The van der Waals surface area contributed by atoms with Gasteiger partial charge in [-0.25, -0.2) is 0 Å². The predicted octanol–water partition coefficient (Wildman–Crippen LogP) is 2.90. The third-order valence-corrected chi connectivity index (χ3v) is 4.82. The van der Waals surface area contributed by atoms with Crippen LogP contribution in [0.5, 0.6) is 5.75 Å². The quantitative estimate of drug-likeness (QED) is 0.901.